The number of ether oxygens (including phenoxy) is 1. The average molecular weight is 104 g/mol. The normalized spacial score (nSPS) is 7.57. The zero-order valence-corrected chi connectivity index (χ0v) is 3.46. The van der Waals surface area contributed by atoms with Crippen LogP contribution in [0.4, 0.5) is 0 Å². The van der Waals surface area contributed by atoms with Gasteiger partial charge in [0, 0.05) is 0 Å². The lowest BCUT2D eigenvalue weighted by atomic mass is 10.8. The minimum Gasteiger partial charge on any atom is -0.394 e. The summed E-state index contributed by atoms with van der Waals surface area (Å²) in [5, 5.41) is 7.83. The first-order chi connectivity index (χ1) is 3.31. The first-order valence-corrected chi connectivity index (χ1v) is 1.55. The molecule has 0 aromatic rings. The maximum Gasteiger partial charge on any atom is 0.339 e. The lowest BCUT2D eigenvalue weighted by Crippen LogP contribution is -2.06. The zero-order valence-electron chi connectivity index (χ0n) is 3.46. The summed E-state index contributed by atoms with van der Waals surface area (Å²) in [5.74, 6) is -0.935. The molecule has 0 unspecified atom stereocenters. The van der Waals surface area contributed by atoms with Gasteiger partial charge in [0.2, 0.25) is 0 Å². The molecule has 0 amide bonds. The number of carbonyl (C=O) groups excluding carboxylic acids is 2. The van der Waals surface area contributed by atoms with Gasteiger partial charge in [-0.25, -0.2) is 4.79 Å². The minimum atomic E-state index is -0.935. The van der Waals surface area contributed by atoms with Crippen molar-refractivity contribution in [2.45, 2.75) is 0 Å². The van der Waals surface area contributed by atoms with Crippen LogP contribution in [0.1, 0.15) is 0 Å². The number of aliphatic hydroxyl groups excluding tert-OH is 1. The number of rotatable bonds is 2. The van der Waals surface area contributed by atoms with Crippen molar-refractivity contribution in [2.24, 2.45) is 0 Å². The van der Waals surface area contributed by atoms with E-state index in [0.29, 0.717) is 0 Å². The standard InChI is InChI=1S/C3H4O4/c4-1-3(6)7-2-5/h2,4H,1H2. The average Bonchev–Trinajstić information content (AvgIpc) is 1.68. The quantitative estimate of drug-likeness (QED) is 0.268. The Bertz CT molecular complexity index is 77.0. The second kappa shape index (κ2) is 3.30. The van der Waals surface area contributed by atoms with E-state index in [9.17, 15) is 9.59 Å². The van der Waals surface area contributed by atoms with Crippen LogP contribution >= 0.6 is 0 Å². The third-order valence-corrected chi connectivity index (χ3v) is 0.309. The molecule has 0 aliphatic carbocycles. The van der Waals surface area contributed by atoms with Crippen molar-refractivity contribution in [1.82, 2.24) is 0 Å². The Morgan fingerprint density at radius 3 is 2.57 bits per heavy atom. The van der Waals surface area contributed by atoms with E-state index in [1.807, 2.05) is 0 Å². The number of hydrogen-bond acceptors (Lipinski definition) is 4. The first kappa shape index (κ1) is 6.10. The van der Waals surface area contributed by atoms with Crippen molar-refractivity contribution >= 4 is 12.4 Å². The number of carbonyl (C=O) groups is 2. The molecule has 40 valence electrons. The Morgan fingerprint density at radius 2 is 2.43 bits per heavy atom. The summed E-state index contributed by atoms with van der Waals surface area (Å²) in [7, 11) is 0. The van der Waals surface area contributed by atoms with Crippen LogP contribution in [0.25, 0.3) is 0 Å². The van der Waals surface area contributed by atoms with Gasteiger partial charge < -0.3 is 9.84 Å². The highest BCUT2D eigenvalue weighted by Gasteiger charge is 1.93. The molecule has 0 aromatic carbocycles. The van der Waals surface area contributed by atoms with Crippen molar-refractivity contribution in [3.63, 3.8) is 0 Å². The summed E-state index contributed by atoms with van der Waals surface area (Å²) >= 11 is 0. The van der Waals surface area contributed by atoms with Gasteiger partial charge in [0.1, 0.15) is 6.61 Å². The topological polar surface area (TPSA) is 63.6 Å². The van der Waals surface area contributed by atoms with Gasteiger partial charge in [0.05, 0.1) is 0 Å². The van der Waals surface area contributed by atoms with Gasteiger partial charge in [-0.05, 0) is 0 Å². The molecule has 0 spiro atoms. The van der Waals surface area contributed by atoms with Gasteiger partial charge in [-0.3, -0.25) is 4.79 Å². The third kappa shape index (κ3) is 2.92. The van der Waals surface area contributed by atoms with Crippen LogP contribution in [-0.4, -0.2) is 24.2 Å². The molecular formula is C3H4O4. The van der Waals surface area contributed by atoms with Crippen LogP contribution in [0.15, 0.2) is 0 Å². The van der Waals surface area contributed by atoms with E-state index in [2.05, 4.69) is 4.74 Å². The molecule has 4 nitrogen and oxygen atoms in total. The summed E-state index contributed by atoms with van der Waals surface area (Å²) in [5.41, 5.74) is 0. The molecule has 0 atom stereocenters. The van der Waals surface area contributed by atoms with E-state index in [1.54, 1.807) is 0 Å². The van der Waals surface area contributed by atoms with Crippen LogP contribution in [-0.2, 0) is 14.3 Å². The van der Waals surface area contributed by atoms with E-state index in [1.165, 1.54) is 0 Å². The van der Waals surface area contributed by atoms with Crippen molar-refractivity contribution in [3.05, 3.63) is 0 Å². The summed E-state index contributed by atoms with van der Waals surface area (Å²) in [6.45, 7) is -0.780. The molecule has 0 rings (SSSR count). The summed E-state index contributed by atoms with van der Waals surface area (Å²) in [6.07, 6.45) is 0. The van der Waals surface area contributed by atoms with Crippen molar-refractivity contribution in [3.8, 4) is 0 Å². The molecule has 0 bridgehead atoms. The molecule has 0 aliphatic rings. The highest BCUT2D eigenvalue weighted by Crippen LogP contribution is 1.65. The Hall–Kier alpha value is -0.900. The fourth-order valence-electron chi connectivity index (χ4n) is 0.0909. The lowest BCUT2D eigenvalue weighted by molar-refractivity contribution is -0.153. The predicted molar refractivity (Wildman–Crippen MR) is 19.2 cm³/mol. The monoisotopic (exact) mass is 104 g/mol. The van der Waals surface area contributed by atoms with Crippen molar-refractivity contribution in [2.75, 3.05) is 6.61 Å². The van der Waals surface area contributed by atoms with E-state index >= 15 is 0 Å². The summed E-state index contributed by atoms with van der Waals surface area (Å²) in [4.78, 5) is 18.9. The third-order valence-electron chi connectivity index (χ3n) is 0.309. The molecule has 0 fully saturated rings. The van der Waals surface area contributed by atoms with Gasteiger partial charge in [0.15, 0.2) is 0 Å². The fraction of sp³-hybridized carbons (Fsp3) is 0.333. The molecule has 0 aliphatic heterocycles. The van der Waals surface area contributed by atoms with E-state index in [4.69, 9.17) is 5.11 Å². The second-order valence-corrected chi connectivity index (χ2v) is 0.744. The Kier molecular flexibility index (Phi) is 2.87. The summed E-state index contributed by atoms with van der Waals surface area (Å²) < 4.78 is 3.62. The molecule has 0 aromatic heterocycles. The number of esters is 1. The molecule has 1 N–H and O–H groups in total. The van der Waals surface area contributed by atoms with Crippen LogP contribution < -0.4 is 0 Å². The van der Waals surface area contributed by atoms with E-state index < -0.39 is 12.6 Å². The molecule has 4 heteroatoms. The fourth-order valence-corrected chi connectivity index (χ4v) is 0.0909. The lowest BCUT2D eigenvalue weighted by Gasteiger charge is -1.84. The van der Waals surface area contributed by atoms with Gasteiger partial charge in [-0.1, -0.05) is 0 Å². The molecule has 7 heavy (non-hydrogen) atoms. The SMILES string of the molecule is O=COC(=O)CO. The van der Waals surface area contributed by atoms with Crippen LogP contribution in [0.2, 0.25) is 0 Å². The largest absolute Gasteiger partial charge is 0.394 e. The highest BCUT2D eigenvalue weighted by molar-refractivity contribution is 5.77. The van der Waals surface area contributed by atoms with Gasteiger partial charge in [-0.15, -0.1) is 0 Å². The molecule has 0 saturated carbocycles. The van der Waals surface area contributed by atoms with E-state index in [-0.39, 0.29) is 6.47 Å². The van der Waals surface area contributed by atoms with Crippen LogP contribution in [0.5, 0.6) is 0 Å². The maximum atomic E-state index is 9.71. The van der Waals surface area contributed by atoms with Crippen LogP contribution in [0.3, 0.4) is 0 Å². The van der Waals surface area contributed by atoms with Gasteiger partial charge in [-0.2, -0.15) is 0 Å². The molecule has 0 saturated heterocycles. The number of hydrogen-bond donors (Lipinski definition) is 1. The molecular weight excluding hydrogens is 100 g/mol. The Morgan fingerprint density at radius 1 is 1.86 bits per heavy atom. The summed E-state index contributed by atoms with van der Waals surface area (Å²) in [6, 6.07) is 0. The number of aliphatic hydroxyl groups is 1. The van der Waals surface area contributed by atoms with Gasteiger partial charge in [0.25, 0.3) is 0 Å². The zero-order chi connectivity index (χ0) is 5.70. The second-order valence-electron chi connectivity index (χ2n) is 0.744. The highest BCUT2D eigenvalue weighted by atomic mass is 16.6. The van der Waals surface area contributed by atoms with Gasteiger partial charge >= 0.3 is 12.4 Å². The molecule has 0 radical (unpaired) electrons. The maximum absolute atomic E-state index is 9.71. The minimum absolute atomic E-state index is 0.0292. The first-order valence-electron chi connectivity index (χ1n) is 1.55. The van der Waals surface area contributed by atoms with E-state index in [0.717, 1.165) is 0 Å². The van der Waals surface area contributed by atoms with Crippen molar-refractivity contribution in [1.29, 1.82) is 0 Å². The Balaban J connectivity index is 3.17. The smallest absolute Gasteiger partial charge is 0.339 e. The Labute approximate surface area is 39.7 Å². The molecule has 0 heterocycles. The predicted octanol–water partition coefficient (Wildman–Crippen LogP) is -1.32. The van der Waals surface area contributed by atoms with Crippen LogP contribution in [0, 0.1) is 0 Å². The van der Waals surface area contributed by atoms with Crippen molar-refractivity contribution < 1.29 is 19.4 Å².